The van der Waals surface area contributed by atoms with Crippen LogP contribution >= 0.6 is 23.4 Å². The van der Waals surface area contributed by atoms with Crippen molar-refractivity contribution in [2.45, 2.75) is 31.6 Å². The van der Waals surface area contributed by atoms with Gasteiger partial charge in [-0.05, 0) is 37.6 Å². The molecular formula is C14H21ClN2S. The van der Waals surface area contributed by atoms with Crippen LogP contribution in [-0.4, -0.2) is 30.1 Å². The fraction of sp³-hybridized carbons (Fsp3) is 0.571. The molecule has 2 N–H and O–H groups in total. The Bertz CT molecular complexity index is 411. The maximum absolute atomic E-state index is 6.32. The molecule has 18 heavy (non-hydrogen) atoms. The molecule has 100 valence electrons. The van der Waals surface area contributed by atoms with E-state index in [2.05, 4.69) is 36.9 Å². The van der Waals surface area contributed by atoms with Crippen molar-refractivity contribution >= 4 is 29.1 Å². The van der Waals surface area contributed by atoms with Crippen molar-refractivity contribution in [1.29, 1.82) is 0 Å². The molecule has 1 aliphatic rings. The van der Waals surface area contributed by atoms with Crippen molar-refractivity contribution in [3.63, 3.8) is 0 Å². The first-order chi connectivity index (χ1) is 8.63. The van der Waals surface area contributed by atoms with Gasteiger partial charge in [0.2, 0.25) is 0 Å². The Morgan fingerprint density at radius 3 is 2.89 bits per heavy atom. The molecule has 2 nitrogen and oxygen atoms in total. The van der Waals surface area contributed by atoms with Gasteiger partial charge in [-0.15, -0.1) is 0 Å². The summed E-state index contributed by atoms with van der Waals surface area (Å²) in [4.78, 5) is 2.46. The van der Waals surface area contributed by atoms with Gasteiger partial charge in [0.05, 0.1) is 0 Å². The van der Waals surface area contributed by atoms with Gasteiger partial charge in [0.25, 0.3) is 0 Å². The van der Waals surface area contributed by atoms with Crippen LogP contribution in [0.5, 0.6) is 0 Å². The highest BCUT2D eigenvalue weighted by atomic mass is 35.5. The minimum absolute atomic E-state index is 0.556. The molecule has 2 unspecified atom stereocenters. The normalized spacial score (nSPS) is 24.3. The topological polar surface area (TPSA) is 29.3 Å². The van der Waals surface area contributed by atoms with Crippen LogP contribution in [-0.2, 0) is 6.42 Å². The number of hydrogen-bond acceptors (Lipinski definition) is 3. The van der Waals surface area contributed by atoms with Gasteiger partial charge in [0.15, 0.2) is 0 Å². The summed E-state index contributed by atoms with van der Waals surface area (Å²) in [6.45, 7) is 6.33. The number of rotatable bonds is 3. The number of nitrogens with two attached hydrogens (primary N) is 1. The van der Waals surface area contributed by atoms with E-state index in [1.165, 1.54) is 11.4 Å². The van der Waals surface area contributed by atoms with E-state index < -0.39 is 0 Å². The monoisotopic (exact) mass is 284 g/mol. The fourth-order valence-corrected chi connectivity index (χ4v) is 3.74. The van der Waals surface area contributed by atoms with E-state index in [0.717, 1.165) is 23.6 Å². The summed E-state index contributed by atoms with van der Waals surface area (Å²) in [6.07, 6.45) is 0.848. The second-order valence-electron chi connectivity index (χ2n) is 4.82. The Hall–Kier alpha value is -0.380. The highest BCUT2D eigenvalue weighted by Gasteiger charge is 2.25. The smallest absolute Gasteiger partial charge is 0.0459 e. The van der Waals surface area contributed by atoms with Crippen LogP contribution < -0.4 is 10.6 Å². The van der Waals surface area contributed by atoms with Crippen molar-refractivity contribution in [3.05, 3.63) is 28.8 Å². The predicted molar refractivity (Wildman–Crippen MR) is 82.9 cm³/mol. The molecule has 1 saturated heterocycles. The van der Waals surface area contributed by atoms with Crippen molar-refractivity contribution < 1.29 is 0 Å². The third kappa shape index (κ3) is 2.95. The van der Waals surface area contributed by atoms with E-state index in [-0.39, 0.29) is 0 Å². The first kappa shape index (κ1) is 14.0. The summed E-state index contributed by atoms with van der Waals surface area (Å²) < 4.78 is 0. The standard InChI is InChI=1S/C14H21ClN2S/c1-10-11(2)18-8-7-17(10)13-4-3-12(5-6-16)14(15)9-13/h3-4,9-11H,5-8,16H2,1-2H3. The molecular weight excluding hydrogens is 264 g/mol. The summed E-state index contributed by atoms with van der Waals surface area (Å²) in [7, 11) is 0. The van der Waals surface area contributed by atoms with Crippen molar-refractivity contribution in [1.82, 2.24) is 0 Å². The summed E-state index contributed by atoms with van der Waals surface area (Å²) in [5, 5.41) is 1.51. The Morgan fingerprint density at radius 1 is 1.44 bits per heavy atom. The average Bonchev–Trinajstić information content (AvgIpc) is 2.35. The fourth-order valence-electron chi connectivity index (χ4n) is 2.37. The molecule has 1 aliphatic heterocycles. The first-order valence-electron chi connectivity index (χ1n) is 6.50. The van der Waals surface area contributed by atoms with Gasteiger partial charge >= 0.3 is 0 Å². The summed E-state index contributed by atoms with van der Waals surface area (Å²) in [6, 6.07) is 6.94. The van der Waals surface area contributed by atoms with Gasteiger partial charge in [-0.25, -0.2) is 0 Å². The van der Waals surface area contributed by atoms with Crippen LogP contribution in [0.3, 0.4) is 0 Å². The third-order valence-electron chi connectivity index (χ3n) is 3.67. The number of hydrogen-bond donors (Lipinski definition) is 1. The van der Waals surface area contributed by atoms with Crippen LogP contribution in [0.15, 0.2) is 18.2 Å². The Labute approximate surface area is 119 Å². The van der Waals surface area contributed by atoms with E-state index in [1.54, 1.807) is 0 Å². The SMILES string of the molecule is CC1SCCN(c2ccc(CCN)c(Cl)c2)C1C. The maximum Gasteiger partial charge on any atom is 0.0459 e. The molecule has 0 radical (unpaired) electrons. The number of thioether (sulfide) groups is 1. The molecule has 2 atom stereocenters. The first-order valence-corrected chi connectivity index (χ1v) is 7.93. The van der Waals surface area contributed by atoms with Crippen molar-refractivity contribution in [3.8, 4) is 0 Å². The minimum Gasteiger partial charge on any atom is -0.367 e. The molecule has 4 heteroatoms. The Morgan fingerprint density at radius 2 is 2.22 bits per heavy atom. The van der Waals surface area contributed by atoms with Gasteiger partial charge < -0.3 is 10.6 Å². The maximum atomic E-state index is 6.32. The van der Waals surface area contributed by atoms with Crippen LogP contribution in [0.4, 0.5) is 5.69 Å². The lowest BCUT2D eigenvalue weighted by Gasteiger charge is -2.39. The number of halogens is 1. The lowest BCUT2D eigenvalue weighted by atomic mass is 10.1. The number of benzene rings is 1. The summed E-state index contributed by atoms with van der Waals surface area (Å²) >= 11 is 8.37. The molecule has 1 aromatic carbocycles. The molecule has 0 spiro atoms. The minimum atomic E-state index is 0.556. The molecule has 0 aliphatic carbocycles. The van der Waals surface area contributed by atoms with Crippen LogP contribution in [0.2, 0.25) is 5.02 Å². The highest BCUT2D eigenvalue weighted by molar-refractivity contribution is 8.00. The zero-order valence-electron chi connectivity index (χ0n) is 11.0. The largest absolute Gasteiger partial charge is 0.367 e. The molecule has 2 rings (SSSR count). The van der Waals surface area contributed by atoms with Gasteiger partial charge in [-0.3, -0.25) is 0 Å². The van der Waals surface area contributed by atoms with E-state index in [9.17, 15) is 0 Å². The van der Waals surface area contributed by atoms with E-state index in [0.29, 0.717) is 17.8 Å². The van der Waals surface area contributed by atoms with E-state index in [1.807, 2.05) is 11.8 Å². The van der Waals surface area contributed by atoms with Crippen molar-refractivity contribution in [2.75, 3.05) is 23.7 Å². The molecule has 1 aromatic rings. The Balaban J connectivity index is 2.20. The molecule has 0 amide bonds. The molecule has 0 bridgehead atoms. The van der Waals surface area contributed by atoms with Gasteiger partial charge in [0, 0.05) is 34.3 Å². The lowest BCUT2D eigenvalue weighted by Crippen LogP contribution is -2.44. The van der Waals surface area contributed by atoms with E-state index >= 15 is 0 Å². The van der Waals surface area contributed by atoms with Crippen LogP contribution in [0, 0.1) is 0 Å². The van der Waals surface area contributed by atoms with Crippen molar-refractivity contribution in [2.24, 2.45) is 5.73 Å². The zero-order chi connectivity index (χ0) is 13.1. The predicted octanol–water partition coefficient (Wildman–Crippen LogP) is 3.17. The number of anilines is 1. The second-order valence-corrected chi connectivity index (χ2v) is 6.72. The summed E-state index contributed by atoms with van der Waals surface area (Å²) in [5.74, 6) is 1.19. The van der Waals surface area contributed by atoms with E-state index in [4.69, 9.17) is 17.3 Å². The molecule has 0 saturated carbocycles. The van der Waals surface area contributed by atoms with Crippen LogP contribution in [0.1, 0.15) is 19.4 Å². The molecule has 1 fully saturated rings. The van der Waals surface area contributed by atoms with Crippen LogP contribution in [0.25, 0.3) is 0 Å². The highest BCUT2D eigenvalue weighted by Crippen LogP contribution is 2.31. The lowest BCUT2D eigenvalue weighted by molar-refractivity contribution is 0.627. The second kappa shape index (κ2) is 6.18. The molecule has 0 aromatic heterocycles. The third-order valence-corrected chi connectivity index (χ3v) is 5.36. The zero-order valence-corrected chi connectivity index (χ0v) is 12.6. The molecule has 1 heterocycles. The van der Waals surface area contributed by atoms with Gasteiger partial charge in [-0.2, -0.15) is 11.8 Å². The quantitative estimate of drug-likeness (QED) is 0.924. The summed E-state index contributed by atoms with van der Waals surface area (Å²) in [5.41, 5.74) is 7.96. The van der Waals surface area contributed by atoms with Gasteiger partial charge in [0.1, 0.15) is 0 Å². The average molecular weight is 285 g/mol. The van der Waals surface area contributed by atoms with Gasteiger partial charge in [-0.1, -0.05) is 24.6 Å². The number of nitrogens with zero attached hydrogens (tertiary/aromatic N) is 1. The Kier molecular flexibility index (Phi) is 4.82.